The Morgan fingerprint density at radius 3 is 2.11 bits per heavy atom. The van der Waals surface area contributed by atoms with Gasteiger partial charge >= 0.3 is 6.03 Å². The van der Waals surface area contributed by atoms with E-state index in [0.717, 1.165) is 64.1 Å². The predicted octanol–water partition coefficient (Wildman–Crippen LogP) is 7.69. The van der Waals surface area contributed by atoms with Crippen LogP contribution in [0.25, 0.3) is 5.69 Å². The summed E-state index contributed by atoms with van der Waals surface area (Å²) >= 11 is 0. The second-order valence-corrected chi connectivity index (χ2v) is 15.3. The third-order valence-electron chi connectivity index (χ3n) is 8.55. The van der Waals surface area contributed by atoms with Gasteiger partial charge in [-0.2, -0.15) is 9.40 Å². The van der Waals surface area contributed by atoms with Gasteiger partial charge in [-0.3, -0.25) is 5.32 Å². The van der Waals surface area contributed by atoms with E-state index in [9.17, 15) is 13.2 Å². The molecule has 9 heteroatoms. The maximum Gasteiger partial charge on any atom is 0.324 e. The van der Waals surface area contributed by atoms with Gasteiger partial charge in [-0.25, -0.2) is 17.9 Å². The molecule has 0 unspecified atom stereocenters. The first-order valence-electron chi connectivity index (χ1n) is 15.6. The number of nitrogens with one attached hydrogen (secondary N) is 2. The molecule has 0 radical (unpaired) electrons. The zero-order chi connectivity index (χ0) is 32.5. The van der Waals surface area contributed by atoms with Gasteiger partial charge in [-0.1, -0.05) is 74.4 Å². The van der Waals surface area contributed by atoms with E-state index in [4.69, 9.17) is 5.10 Å². The Kier molecular flexibility index (Phi) is 9.23. The van der Waals surface area contributed by atoms with Crippen LogP contribution in [0.2, 0.25) is 0 Å². The fourth-order valence-electron chi connectivity index (χ4n) is 6.18. The van der Waals surface area contributed by atoms with Crippen LogP contribution in [-0.2, 0) is 21.9 Å². The first-order chi connectivity index (χ1) is 21.2. The lowest BCUT2D eigenvalue weighted by molar-refractivity contribution is 0.261. The Bertz CT molecular complexity index is 1770. The second kappa shape index (κ2) is 12.8. The molecule has 0 atom stereocenters. The van der Waals surface area contributed by atoms with E-state index in [1.54, 1.807) is 8.99 Å². The minimum Gasteiger partial charge on any atom is -0.307 e. The highest BCUT2D eigenvalue weighted by Gasteiger charge is 2.32. The van der Waals surface area contributed by atoms with Crippen LogP contribution in [0.5, 0.6) is 0 Å². The fourth-order valence-corrected chi connectivity index (χ4v) is 8.06. The quantitative estimate of drug-likeness (QED) is 0.220. The molecular weight excluding hydrogens is 582 g/mol. The van der Waals surface area contributed by atoms with Crippen molar-refractivity contribution in [1.82, 2.24) is 14.1 Å². The number of nitrogens with zero attached hydrogens (tertiary/aromatic N) is 3. The van der Waals surface area contributed by atoms with Crippen molar-refractivity contribution in [2.45, 2.75) is 78.0 Å². The van der Waals surface area contributed by atoms with Gasteiger partial charge < -0.3 is 5.32 Å². The molecule has 238 valence electrons. The fraction of sp³-hybridized carbons (Fsp3) is 0.389. The summed E-state index contributed by atoms with van der Waals surface area (Å²) < 4.78 is 30.6. The number of aryl methyl sites for hydroxylation is 4. The summed E-state index contributed by atoms with van der Waals surface area (Å²) in [6, 6.07) is 21.3. The molecule has 1 aromatic heterocycles. The Balaban J connectivity index is 1.27. The number of hydrogen-bond acceptors (Lipinski definition) is 4. The number of anilines is 2. The topological polar surface area (TPSA) is 96.3 Å². The third-order valence-corrected chi connectivity index (χ3v) is 10.8. The van der Waals surface area contributed by atoms with Crippen LogP contribution in [0, 0.1) is 33.6 Å². The van der Waals surface area contributed by atoms with Gasteiger partial charge in [0.1, 0.15) is 5.82 Å². The maximum absolute atomic E-state index is 13.6. The molecule has 0 bridgehead atoms. The van der Waals surface area contributed by atoms with Crippen LogP contribution >= 0.6 is 0 Å². The maximum atomic E-state index is 13.6. The number of hydrogen-bond donors (Lipinski definition) is 2. The SMILES string of the molecule is Cc1ccc(-n2nc(C(C)(C)C)cc2NC(=O)Nc2ccccc2CC2CCN(S(=O)(=O)c3c(C)cc(C)cc3C)CC2)cc1. The molecule has 2 N–H and O–H groups in total. The minimum atomic E-state index is -3.56. The van der Waals surface area contributed by atoms with Crippen molar-refractivity contribution in [1.29, 1.82) is 0 Å². The van der Waals surface area contributed by atoms with Gasteiger partial charge in [-0.15, -0.1) is 0 Å². The van der Waals surface area contributed by atoms with E-state index >= 15 is 0 Å². The summed E-state index contributed by atoms with van der Waals surface area (Å²) in [7, 11) is -3.56. The molecule has 1 aliphatic heterocycles. The van der Waals surface area contributed by atoms with Crippen LogP contribution in [0.1, 0.15) is 67.1 Å². The Hall–Kier alpha value is -3.95. The average molecular weight is 628 g/mol. The molecule has 4 aromatic rings. The number of aromatic nitrogens is 2. The van der Waals surface area contributed by atoms with Gasteiger partial charge in [0.2, 0.25) is 10.0 Å². The zero-order valence-corrected chi connectivity index (χ0v) is 28.3. The molecule has 0 aliphatic carbocycles. The Labute approximate surface area is 267 Å². The molecular formula is C36H45N5O3S. The summed E-state index contributed by atoms with van der Waals surface area (Å²) in [5.74, 6) is 0.895. The minimum absolute atomic E-state index is 0.192. The standard InChI is InChI=1S/C36H45N5O3S/c1-24-12-14-30(15-13-24)41-33(23-32(39-41)36(5,6)7)38-35(42)37-31-11-9-8-10-29(31)22-28-16-18-40(19-17-28)45(43,44)34-26(3)20-25(2)21-27(34)4/h8-15,20-21,23,28H,16-19,22H2,1-7H3,(H2,37,38,42). The number of piperidine rings is 1. The van der Waals surface area contributed by atoms with Crippen LogP contribution in [-0.4, -0.2) is 41.6 Å². The third kappa shape index (κ3) is 7.31. The molecule has 1 fully saturated rings. The number of sulfonamides is 1. The lowest BCUT2D eigenvalue weighted by Crippen LogP contribution is -2.39. The zero-order valence-electron chi connectivity index (χ0n) is 27.4. The Morgan fingerprint density at radius 1 is 0.867 bits per heavy atom. The van der Waals surface area contributed by atoms with E-state index in [0.29, 0.717) is 29.7 Å². The summed E-state index contributed by atoms with van der Waals surface area (Å²) in [5.41, 5.74) is 7.13. The van der Waals surface area contributed by atoms with E-state index in [1.807, 2.05) is 94.4 Å². The van der Waals surface area contributed by atoms with E-state index in [1.165, 1.54) is 0 Å². The normalized spacial score (nSPS) is 14.8. The first kappa shape index (κ1) is 32.4. The molecule has 2 amide bonds. The van der Waals surface area contributed by atoms with E-state index in [2.05, 4.69) is 31.4 Å². The Morgan fingerprint density at radius 2 is 1.49 bits per heavy atom. The van der Waals surface area contributed by atoms with Crippen molar-refractivity contribution >= 4 is 27.6 Å². The molecule has 1 saturated heterocycles. The average Bonchev–Trinajstić information content (AvgIpc) is 3.38. The molecule has 2 heterocycles. The van der Waals surface area contributed by atoms with Crippen molar-refractivity contribution in [2.75, 3.05) is 23.7 Å². The van der Waals surface area contributed by atoms with E-state index < -0.39 is 10.0 Å². The largest absolute Gasteiger partial charge is 0.324 e. The molecule has 3 aromatic carbocycles. The number of carbonyl (C=O) groups is 1. The molecule has 0 saturated carbocycles. The summed E-state index contributed by atoms with van der Waals surface area (Å²) in [5, 5.41) is 10.9. The number of amides is 2. The van der Waals surface area contributed by atoms with Crippen molar-refractivity contribution in [3.05, 3.63) is 100 Å². The number of rotatable bonds is 7. The highest BCUT2D eigenvalue weighted by molar-refractivity contribution is 7.89. The van der Waals surface area contributed by atoms with Gasteiger partial charge in [0, 0.05) is 30.3 Å². The molecule has 45 heavy (non-hydrogen) atoms. The van der Waals surface area contributed by atoms with Gasteiger partial charge in [-0.05, 0) is 87.8 Å². The molecule has 0 spiro atoms. The monoisotopic (exact) mass is 627 g/mol. The number of para-hydroxylation sites is 1. The van der Waals surface area contributed by atoms with Gasteiger partial charge in [0.05, 0.1) is 16.3 Å². The number of benzene rings is 3. The predicted molar refractivity (Wildman–Crippen MR) is 182 cm³/mol. The van der Waals surface area contributed by atoms with Crippen LogP contribution in [0.3, 0.4) is 0 Å². The number of urea groups is 1. The van der Waals surface area contributed by atoms with E-state index in [-0.39, 0.29) is 11.4 Å². The second-order valence-electron chi connectivity index (χ2n) is 13.4. The highest BCUT2D eigenvalue weighted by atomic mass is 32.2. The molecule has 1 aliphatic rings. The first-order valence-corrected chi connectivity index (χ1v) is 17.1. The van der Waals surface area contributed by atoms with Crippen LogP contribution in [0.15, 0.2) is 71.6 Å². The molecule has 8 nitrogen and oxygen atoms in total. The van der Waals surface area contributed by atoms with Crippen LogP contribution < -0.4 is 10.6 Å². The van der Waals surface area contributed by atoms with Crippen molar-refractivity contribution < 1.29 is 13.2 Å². The number of carbonyl (C=O) groups excluding carboxylic acids is 1. The molecule has 5 rings (SSSR count). The van der Waals surface area contributed by atoms with Crippen molar-refractivity contribution in [3.8, 4) is 5.69 Å². The smallest absolute Gasteiger partial charge is 0.307 e. The van der Waals surface area contributed by atoms with Crippen molar-refractivity contribution in [3.63, 3.8) is 0 Å². The highest BCUT2D eigenvalue weighted by Crippen LogP contribution is 2.32. The van der Waals surface area contributed by atoms with Crippen LogP contribution in [0.4, 0.5) is 16.3 Å². The lowest BCUT2D eigenvalue weighted by Gasteiger charge is -2.32. The van der Waals surface area contributed by atoms with Gasteiger partial charge in [0.15, 0.2) is 0 Å². The summed E-state index contributed by atoms with van der Waals surface area (Å²) in [6.45, 7) is 15.0. The summed E-state index contributed by atoms with van der Waals surface area (Å²) in [6.07, 6.45) is 2.27. The van der Waals surface area contributed by atoms with Crippen molar-refractivity contribution in [2.24, 2.45) is 5.92 Å². The van der Waals surface area contributed by atoms with Gasteiger partial charge in [0.25, 0.3) is 0 Å². The summed E-state index contributed by atoms with van der Waals surface area (Å²) in [4.78, 5) is 13.8. The lowest BCUT2D eigenvalue weighted by atomic mass is 9.90.